The first-order valence-electron chi connectivity index (χ1n) is 6.31. The lowest BCUT2D eigenvalue weighted by molar-refractivity contribution is 0.0240. The van der Waals surface area contributed by atoms with Gasteiger partial charge < -0.3 is 10.1 Å². The van der Waals surface area contributed by atoms with Crippen LogP contribution in [0.3, 0.4) is 0 Å². The van der Waals surface area contributed by atoms with Crippen molar-refractivity contribution < 1.29 is 9.13 Å². The fourth-order valence-corrected chi connectivity index (χ4v) is 2.45. The number of benzene rings is 1. The predicted octanol–water partition coefficient (Wildman–Crippen LogP) is 3.49. The highest BCUT2D eigenvalue weighted by molar-refractivity contribution is 9.10. The Balaban J connectivity index is 1.82. The molecule has 0 radical (unpaired) electrons. The topological polar surface area (TPSA) is 21.3 Å². The Morgan fingerprint density at radius 1 is 1.39 bits per heavy atom. The first-order chi connectivity index (χ1) is 8.59. The van der Waals surface area contributed by atoms with Crippen LogP contribution in [0.25, 0.3) is 0 Å². The third-order valence-electron chi connectivity index (χ3n) is 3.56. The second kappa shape index (κ2) is 6.13. The monoisotopic (exact) mass is 315 g/mol. The average molecular weight is 316 g/mol. The van der Waals surface area contributed by atoms with Crippen molar-refractivity contribution in [3.05, 3.63) is 34.1 Å². The largest absolute Gasteiger partial charge is 0.381 e. The Labute approximate surface area is 116 Å². The summed E-state index contributed by atoms with van der Waals surface area (Å²) in [7, 11) is 0. The van der Waals surface area contributed by atoms with Crippen LogP contribution >= 0.6 is 15.9 Å². The first-order valence-corrected chi connectivity index (χ1v) is 7.11. The molecule has 0 spiro atoms. The molecule has 100 valence electrons. The summed E-state index contributed by atoms with van der Waals surface area (Å²) < 4.78 is 19.2. The third kappa shape index (κ3) is 3.77. The van der Waals surface area contributed by atoms with Gasteiger partial charge in [-0.2, -0.15) is 0 Å². The van der Waals surface area contributed by atoms with Gasteiger partial charge in [-0.3, -0.25) is 0 Å². The van der Waals surface area contributed by atoms with E-state index in [1.54, 1.807) is 12.1 Å². The van der Waals surface area contributed by atoms with Gasteiger partial charge in [0.2, 0.25) is 0 Å². The molecule has 0 bridgehead atoms. The fourth-order valence-electron chi connectivity index (χ4n) is 2.20. The van der Waals surface area contributed by atoms with Crippen molar-refractivity contribution in [2.75, 3.05) is 19.8 Å². The van der Waals surface area contributed by atoms with Crippen molar-refractivity contribution in [3.63, 3.8) is 0 Å². The van der Waals surface area contributed by atoms with Crippen molar-refractivity contribution in [3.8, 4) is 0 Å². The normalized spacial score (nSPS) is 18.8. The highest BCUT2D eigenvalue weighted by Crippen LogP contribution is 2.28. The summed E-state index contributed by atoms with van der Waals surface area (Å²) in [5.74, 6) is -0.202. The molecule has 4 heteroatoms. The summed E-state index contributed by atoms with van der Waals surface area (Å²) in [6.07, 6.45) is 2.18. The number of rotatable bonds is 4. The molecule has 0 aromatic heterocycles. The molecule has 0 atom stereocenters. The summed E-state index contributed by atoms with van der Waals surface area (Å²) in [5.41, 5.74) is 1.29. The lowest BCUT2D eigenvalue weighted by atomic mass is 9.82. The second-order valence-corrected chi connectivity index (χ2v) is 6.13. The van der Waals surface area contributed by atoms with Gasteiger partial charge in [-0.25, -0.2) is 4.39 Å². The molecule has 1 aliphatic heterocycles. The number of hydrogen-bond donors (Lipinski definition) is 1. The van der Waals surface area contributed by atoms with Gasteiger partial charge in [-0.05, 0) is 51.9 Å². The Morgan fingerprint density at radius 3 is 2.78 bits per heavy atom. The molecule has 0 unspecified atom stereocenters. The molecule has 0 aliphatic carbocycles. The highest BCUT2D eigenvalue weighted by Gasteiger charge is 2.26. The van der Waals surface area contributed by atoms with E-state index in [1.807, 2.05) is 6.07 Å². The quantitative estimate of drug-likeness (QED) is 0.918. The van der Waals surface area contributed by atoms with Crippen molar-refractivity contribution in [2.45, 2.75) is 26.3 Å². The van der Waals surface area contributed by atoms with Gasteiger partial charge in [0.1, 0.15) is 5.82 Å². The van der Waals surface area contributed by atoms with Gasteiger partial charge in [0, 0.05) is 26.3 Å². The molecule has 18 heavy (non-hydrogen) atoms. The second-order valence-electron chi connectivity index (χ2n) is 5.28. The van der Waals surface area contributed by atoms with Gasteiger partial charge >= 0.3 is 0 Å². The van der Waals surface area contributed by atoms with Crippen LogP contribution in [0.1, 0.15) is 25.3 Å². The van der Waals surface area contributed by atoms with Crippen LogP contribution in [0.4, 0.5) is 4.39 Å². The maximum absolute atomic E-state index is 13.3. The molecular formula is C14H19BrFNO. The fraction of sp³-hybridized carbons (Fsp3) is 0.571. The summed E-state index contributed by atoms with van der Waals surface area (Å²) in [5, 5.41) is 3.42. The van der Waals surface area contributed by atoms with E-state index in [1.165, 1.54) is 0 Å². The third-order valence-corrected chi connectivity index (χ3v) is 4.21. The van der Waals surface area contributed by atoms with E-state index < -0.39 is 0 Å². The molecular weight excluding hydrogens is 297 g/mol. The molecule has 0 saturated carbocycles. The van der Waals surface area contributed by atoms with Gasteiger partial charge in [0.15, 0.2) is 0 Å². The van der Waals surface area contributed by atoms with E-state index in [2.05, 4.69) is 28.2 Å². The molecule has 1 aromatic carbocycles. The van der Waals surface area contributed by atoms with E-state index in [0.29, 0.717) is 16.4 Å². The zero-order valence-electron chi connectivity index (χ0n) is 10.6. The molecule has 1 fully saturated rings. The van der Waals surface area contributed by atoms with Crippen LogP contribution in [-0.4, -0.2) is 19.8 Å². The number of halogens is 2. The standard InChI is InChI=1S/C14H19BrFNO/c1-14(4-6-18-7-5-14)10-17-9-11-2-3-12(15)13(16)8-11/h2-3,8,17H,4-7,9-10H2,1H3. The van der Waals surface area contributed by atoms with Gasteiger partial charge in [-0.15, -0.1) is 0 Å². The van der Waals surface area contributed by atoms with Crippen molar-refractivity contribution in [1.82, 2.24) is 5.32 Å². The Hall–Kier alpha value is -0.450. The molecule has 1 saturated heterocycles. The Bertz CT molecular complexity index is 405. The Kier molecular flexibility index (Phi) is 4.76. The summed E-state index contributed by atoms with van der Waals surface area (Å²) in [4.78, 5) is 0. The van der Waals surface area contributed by atoms with E-state index >= 15 is 0 Å². The molecule has 1 heterocycles. The van der Waals surface area contributed by atoms with E-state index in [0.717, 1.165) is 38.2 Å². The number of ether oxygens (including phenoxy) is 1. The van der Waals surface area contributed by atoms with E-state index in [-0.39, 0.29) is 5.82 Å². The van der Waals surface area contributed by atoms with Crippen LogP contribution in [0.2, 0.25) is 0 Å². The van der Waals surface area contributed by atoms with Gasteiger partial charge in [0.05, 0.1) is 4.47 Å². The minimum absolute atomic E-state index is 0.202. The molecule has 1 aliphatic rings. The minimum atomic E-state index is -0.202. The predicted molar refractivity (Wildman–Crippen MR) is 74.0 cm³/mol. The number of nitrogens with one attached hydrogen (secondary N) is 1. The summed E-state index contributed by atoms with van der Waals surface area (Å²) >= 11 is 3.16. The van der Waals surface area contributed by atoms with Crippen LogP contribution < -0.4 is 5.32 Å². The first kappa shape index (κ1) is 14.0. The SMILES string of the molecule is CC1(CNCc2ccc(Br)c(F)c2)CCOCC1. The van der Waals surface area contributed by atoms with Crippen molar-refractivity contribution in [1.29, 1.82) is 0 Å². The zero-order valence-corrected chi connectivity index (χ0v) is 12.2. The van der Waals surface area contributed by atoms with Crippen molar-refractivity contribution in [2.24, 2.45) is 5.41 Å². The Morgan fingerprint density at radius 2 is 2.11 bits per heavy atom. The highest BCUT2D eigenvalue weighted by atomic mass is 79.9. The molecule has 2 nitrogen and oxygen atoms in total. The summed E-state index contributed by atoms with van der Waals surface area (Å²) in [6.45, 7) is 5.65. The van der Waals surface area contributed by atoms with E-state index in [4.69, 9.17) is 4.74 Å². The average Bonchev–Trinajstić information content (AvgIpc) is 2.34. The van der Waals surface area contributed by atoms with E-state index in [9.17, 15) is 4.39 Å². The molecule has 1 aromatic rings. The van der Waals surface area contributed by atoms with Crippen LogP contribution in [-0.2, 0) is 11.3 Å². The van der Waals surface area contributed by atoms with Crippen molar-refractivity contribution >= 4 is 15.9 Å². The van der Waals surface area contributed by atoms with Gasteiger partial charge in [-0.1, -0.05) is 13.0 Å². The number of hydrogen-bond acceptors (Lipinski definition) is 2. The molecule has 0 amide bonds. The summed E-state index contributed by atoms with van der Waals surface area (Å²) in [6, 6.07) is 5.26. The lowest BCUT2D eigenvalue weighted by Gasteiger charge is -2.33. The molecule has 2 rings (SSSR count). The van der Waals surface area contributed by atoms with Crippen LogP contribution in [0.15, 0.2) is 22.7 Å². The maximum atomic E-state index is 13.3. The molecule has 1 N–H and O–H groups in total. The minimum Gasteiger partial charge on any atom is -0.381 e. The van der Waals surface area contributed by atoms with Crippen LogP contribution in [0, 0.1) is 11.2 Å². The smallest absolute Gasteiger partial charge is 0.137 e. The van der Waals surface area contributed by atoms with Gasteiger partial charge in [0.25, 0.3) is 0 Å². The van der Waals surface area contributed by atoms with Crippen LogP contribution in [0.5, 0.6) is 0 Å². The lowest BCUT2D eigenvalue weighted by Crippen LogP contribution is -2.36. The zero-order chi connectivity index (χ0) is 13.0. The maximum Gasteiger partial charge on any atom is 0.137 e.